The number of aliphatic hydroxyl groups is 1. The van der Waals surface area contributed by atoms with E-state index >= 15 is 0 Å². The molecule has 0 aliphatic heterocycles. The molecule has 1 heterocycles. The smallest absolute Gasteiger partial charge is 0.0712 e. The van der Waals surface area contributed by atoms with Crippen LogP contribution in [0.2, 0.25) is 0 Å². The molecule has 0 radical (unpaired) electrons. The van der Waals surface area contributed by atoms with Gasteiger partial charge in [-0.2, -0.15) is 0 Å². The number of hydrogen-bond donors (Lipinski definition) is 2. The van der Waals surface area contributed by atoms with Crippen molar-refractivity contribution in [1.29, 1.82) is 0 Å². The molecule has 0 unspecified atom stereocenters. The van der Waals surface area contributed by atoms with Crippen molar-refractivity contribution < 1.29 is 5.11 Å². The van der Waals surface area contributed by atoms with Gasteiger partial charge in [0, 0.05) is 4.88 Å². The molecule has 0 spiro atoms. The third kappa shape index (κ3) is 2.27. The lowest BCUT2D eigenvalue weighted by Crippen LogP contribution is -2.21. The Hall–Kier alpha value is 0.1000. The first-order valence-electron chi connectivity index (χ1n) is 3.30. The van der Waals surface area contributed by atoms with Crippen molar-refractivity contribution in [2.75, 3.05) is 0 Å². The Kier molecular flexibility index (Phi) is 3.06. The van der Waals surface area contributed by atoms with Crippen molar-refractivity contribution in [2.45, 2.75) is 19.1 Å². The molecule has 0 saturated heterocycles. The highest BCUT2D eigenvalue weighted by molar-refractivity contribution is 9.11. The topological polar surface area (TPSA) is 46.2 Å². The molecule has 2 nitrogen and oxygen atoms in total. The first-order chi connectivity index (χ1) is 5.11. The summed E-state index contributed by atoms with van der Waals surface area (Å²) in [7, 11) is 0. The fourth-order valence-corrected chi connectivity index (χ4v) is 2.27. The number of hydrogen-bond acceptors (Lipinski definition) is 3. The number of rotatable bonds is 2. The van der Waals surface area contributed by atoms with Crippen LogP contribution in [0.3, 0.4) is 0 Å². The van der Waals surface area contributed by atoms with Crippen LogP contribution in [0.15, 0.2) is 15.9 Å². The van der Waals surface area contributed by atoms with Crippen LogP contribution in [0.25, 0.3) is 0 Å². The van der Waals surface area contributed by atoms with Gasteiger partial charge in [0.2, 0.25) is 0 Å². The van der Waals surface area contributed by atoms with Crippen molar-refractivity contribution in [3.8, 4) is 0 Å². The van der Waals surface area contributed by atoms with E-state index in [1.54, 1.807) is 18.3 Å². The average molecular weight is 236 g/mol. The molecule has 0 saturated carbocycles. The summed E-state index contributed by atoms with van der Waals surface area (Å²) < 4.78 is 1.05. The Morgan fingerprint density at radius 2 is 2.27 bits per heavy atom. The highest BCUT2D eigenvalue weighted by atomic mass is 79.9. The molecular weight excluding hydrogens is 226 g/mol. The van der Waals surface area contributed by atoms with Gasteiger partial charge in [-0.05, 0) is 35.0 Å². The molecule has 4 heteroatoms. The molecule has 0 amide bonds. The van der Waals surface area contributed by atoms with Crippen molar-refractivity contribution in [1.82, 2.24) is 0 Å². The van der Waals surface area contributed by atoms with E-state index in [2.05, 4.69) is 15.9 Å². The molecule has 62 valence electrons. The predicted molar refractivity (Wildman–Crippen MR) is 50.6 cm³/mol. The minimum atomic E-state index is -0.486. The zero-order valence-electron chi connectivity index (χ0n) is 6.12. The second kappa shape index (κ2) is 3.67. The Bertz CT molecular complexity index is 236. The Morgan fingerprint density at radius 3 is 2.64 bits per heavy atom. The highest BCUT2D eigenvalue weighted by Gasteiger charge is 2.13. The Morgan fingerprint density at radius 1 is 1.64 bits per heavy atom. The molecule has 1 aromatic heterocycles. The fraction of sp³-hybridized carbons (Fsp3) is 0.429. The van der Waals surface area contributed by atoms with Gasteiger partial charge in [0.1, 0.15) is 0 Å². The fourth-order valence-electron chi connectivity index (χ4n) is 0.745. The highest BCUT2D eigenvalue weighted by Crippen LogP contribution is 2.27. The van der Waals surface area contributed by atoms with Crippen LogP contribution in [0.5, 0.6) is 0 Å². The van der Waals surface area contributed by atoms with Crippen LogP contribution in [0.4, 0.5) is 0 Å². The summed E-state index contributed by atoms with van der Waals surface area (Å²) in [5, 5.41) is 9.15. The third-order valence-corrected chi connectivity index (χ3v) is 3.17. The van der Waals surface area contributed by atoms with E-state index < -0.39 is 6.10 Å². The van der Waals surface area contributed by atoms with E-state index in [-0.39, 0.29) is 6.04 Å². The summed E-state index contributed by atoms with van der Waals surface area (Å²) >= 11 is 4.89. The zero-order valence-corrected chi connectivity index (χ0v) is 8.52. The predicted octanol–water partition coefficient (Wildman–Crippen LogP) is 1.89. The normalized spacial score (nSPS) is 16.4. The minimum Gasteiger partial charge on any atom is -0.391 e. The van der Waals surface area contributed by atoms with Crippen LogP contribution < -0.4 is 5.73 Å². The van der Waals surface area contributed by atoms with Crippen LogP contribution in [0, 0.1) is 0 Å². The molecule has 0 bridgehead atoms. The Balaban J connectivity index is 2.76. The number of halogens is 1. The van der Waals surface area contributed by atoms with E-state index in [0.29, 0.717) is 0 Å². The van der Waals surface area contributed by atoms with Crippen molar-refractivity contribution in [3.05, 3.63) is 20.8 Å². The lowest BCUT2D eigenvalue weighted by Gasteiger charge is -2.11. The summed E-state index contributed by atoms with van der Waals surface area (Å²) in [4.78, 5) is 1.01. The SMILES string of the molecule is C[C@H](O)[C@H](N)c1ccc(Br)s1. The molecule has 1 aromatic rings. The summed E-state index contributed by atoms with van der Waals surface area (Å²) in [5.74, 6) is 0. The van der Waals surface area contributed by atoms with Crippen molar-refractivity contribution >= 4 is 27.3 Å². The van der Waals surface area contributed by atoms with Crippen LogP contribution in [-0.4, -0.2) is 11.2 Å². The minimum absolute atomic E-state index is 0.258. The summed E-state index contributed by atoms with van der Waals surface area (Å²) in [5.41, 5.74) is 5.69. The number of nitrogens with two attached hydrogens (primary N) is 1. The van der Waals surface area contributed by atoms with Crippen LogP contribution in [0.1, 0.15) is 17.8 Å². The molecule has 1 rings (SSSR count). The van der Waals surface area contributed by atoms with E-state index in [0.717, 1.165) is 8.66 Å². The molecule has 0 aliphatic rings. The van der Waals surface area contributed by atoms with Gasteiger partial charge in [-0.15, -0.1) is 11.3 Å². The zero-order chi connectivity index (χ0) is 8.43. The Labute approximate surface area is 78.2 Å². The average Bonchev–Trinajstić information content (AvgIpc) is 2.34. The standard InChI is InChI=1S/C7H10BrNOS/c1-4(10)7(9)5-2-3-6(8)11-5/h2-4,7,10H,9H2,1H3/t4-,7-/m0/s1. The van der Waals surface area contributed by atoms with E-state index in [1.165, 1.54) is 0 Å². The van der Waals surface area contributed by atoms with Crippen molar-refractivity contribution in [3.63, 3.8) is 0 Å². The first kappa shape index (κ1) is 9.19. The quantitative estimate of drug-likeness (QED) is 0.823. The number of aliphatic hydroxyl groups excluding tert-OH is 1. The summed E-state index contributed by atoms with van der Waals surface area (Å²) in [6.07, 6.45) is -0.486. The second-order valence-electron chi connectivity index (χ2n) is 2.41. The summed E-state index contributed by atoms with van der Waals surface area (Å²) in [6.45, 7) is 1.69. The lowest BCUT2D eigenvalue weighted by molar-refractivity contribution is 0.165. The van der Waals surface area contributed by atoms with Gasteiger partial charge in [0.25, 0.3) is 0 Å². The number of thiophene rings is 1. The van der Waals surface area contributed by atoms with E-state index in [1.807, 2.05) is 12.1 Å². The molecule has 3 N–H and O–H groups in total. The van der Waals surface area contributed by atoms with Gasteiger partial charge in [0.05, 0.1) is 15.9 Å². The van der Waals surface area contributed by atoms with Crippen molar-refractivity contribution in [2.24, 2.45) is 5.73 Å². The van der Waals surface area contributed by atoms with Crippen LogP contribution in [-0.2, 0) is 0 Å². The van der Waals surface area contributed by atoms with Gasteiger partial charge in [-0.3, -0.25) is 0 Å². The second-order valence-corrected chi connectivity index (χ2v) is 4.90. The first-order valence-corrected chi connectivity index (χ1v) is 4.91. The van der Waals surface area contributed by atoms with E-state index in [4.69, 9.17) is 10.8 Å². The molecule has 0 aromatic carbocycles. The maximum absolute atomic E-state index is 9.15. The molecule has 0 aliphatic carbocycles. The van der Waals surface area contributed by atoms with Gasteiger partial charge < -0.3 is 10.8 Å². The monoisotopic (exact) mass is 235 g/mol. The maximum atomic E-state index is 9.15. The molecule has 11 heavy (non-hydrogen) atoms. The van der Waals surface area contributed by atoms with Gasteiger partial charge in [0.15, 0.2) is 0 Å². The van der Waals surface area contributed by atoms with Gasteiger partial charge in [-0.1, -0.05) is 0 Å². The van der Waals surface area contributed by atoms with E-state index in [9.17, 15) is 0 Å². The molecule has 0 fully saturated rings. The molecular formula is C7H10BrNOS. The third-order valence-electron chi connectivity index (χ3n) is 1.44. The largest absolute Gasteiger partial charge is 0.391 e. The summed E-state index contributed by atoms with van der Waals surface area (Å²) in [6, 6.07) is 3.60. The van der Waals surface area contributed by atoms with Crippen LogP contribution >= 0.6 is 27.3 Å². The van der Waals surface area contributed by atoms with Gasteiger partial charge in [-0.25, -0.2) is 0 Å². The molecule has 2 atom stereocenters. The maximum Gasteiger partial charge on any atom is 0.0712 e. The van der Waals surface area contributed by atoms with Gasteiger partial charge >= 0.3 is 0 Å². The lowest BCUT2D eigenvalue weighted by atomic mass is 10.2.